The number of nitrogens with two attached hydrogens (primary N) is 1. The first-order valence-electron chi connectivity index (χ1n) is 6.40. The second kappa shape index (κ2) is 6.25. The molecule has 1 saturated heterocycles. The molecule has 1 fully saturated rings. The Morgan fingerprint density at radius 1 is 1.50 bits per heavy atom. The summed E-state index contributed by atoms with van der Waals surface area (Å²) in [6.45, 7) is 3.55. The van der Waals surface area contributed by atoms with Crippen molar-refractivity contribution in [2.75, 3.05) is 24.6 Å². The van der Waals surface area contributed by atoms with Crippen LogP contribution in [0.15, 0.2) is 24.3 Å². The van der Waals surface area contributed by atoms with Gasteiger partial charge in [0.25, 0.3) is 5.91 Å². The molecule has 1 aliphatic rings. The van der Waals surface area contributed by atoms with Crippen LogP contribution in [0, 0.1) is 0 Å². The van der Waals surface area contributed by atoms with Crippen molar-refractivity contribution in [2.24, 2.45) is 5.73 Å². The highest BCUT2D eigenvalue weighted by Gasteiger charge is 2.25. The molecule has 1 heterocycles. The van der Waals surface area contributed by atoms with Crippen LogP contribution in [0.2, 0.25) is 0 Å². The van der Waals surface area contributed by atoms with E-state index in [1.54, 1.807) is 0 Å². The highest BCUT2D eigenvalue weighted by molar-refractivity contribution is 7.99. The Morgan fingerprint density at radius 2 is 2.28 bits per heavy atom. The molecule has 2 rings (SSSR count). The third-order valence-electron chi connectivity index (χ3n) is 3.29. The second-order valence-corrected chi connectivity index (χ2v) is 5.77. The van der Waals surface area contributed by atoms with Crippen LogP contribution in [0.3, 0.4) is 0 Å². The molecule has 0 saturated carbocycles. The zero-order chi connectivity index (χ0) is 13.0. The molecule has 1 aliphatic heterocycles. The molecule has 3 nitrogen and oxygen atoms in total. The third-order valence-corrected chi connectivity index (χ3v) is 4.48. The van der Waals surface area contributed by atoms with Crippen molar-refractivity contribution in [1.29, 1.82) is 0 Å². The summed E-state index contributed by atoms with van der Waals surface area (Å²) < 4.78 is 0. The molecule has 2 N–H and O–H groups in total. The summed E-state index contributed by atoms with van der Waals surface area (Å²) in [4.78, 5) is 14.6. The van der Waals surface area contributed by atoms with Gasteiger partial charge in [-0.2, -0.15) is 11.8 Å². The topological polar surface area (TPSA) is 46.3 Å². The smallest absolute Gasteiger partial charge is 0.254 e. The van der Waals surface area contributed by atoms with Gasteiger partial charge in [-0.1, -0.05) is 18.2 Å². The van der Waals surface area contributed by atoms with E-state index in [1.807, 2.05) is 40.9 Å². The Bertz CT molecular complexity index is 422. The zero-order valence-corrected chi connectivity index (χ0v) is 11.6. The highest BCUT2D eigenvalue weighted by atomic mass is 32.2. The van der Waals surface area contributed by atoms with Crippen molar-refractivity contribution in [3.63, 3.8) is 0 Å². The molecule has 0 aromatic heterocycles. The van der Waals surface area contributed by atoms with Gasteiger partial charge < -0.3 is 10.6 Å². The Balaban J connectivity index is 2.22. The van der Waals surface area contributed by atoms with Gasteiger partial charge >= 0.3 is 0 Å². The lowest BCUT2D eigenvalue weighted by molar-refractivity contribution is 0.0715. The Labute approximate surface area is 113 Å². The number of carbonyl (C=O) groups excluding carboxylic acids is 1. The van der Waals surface area contributed by atoms with Crippen LogP contribution in [0.1, 0.15) is 22.8 Å². The van der Waals surface area contributed by atoms with Crippen molar-refractivity contribution in [2.45, 2.75) is 19.4 Å². The number of hydrogen-bond donors (Lipinski definition) is 1. The minimum absolute atomic E-state index is 0.159. The number of nitrogens with zero attached hydrogens (tertiary/aromatic N) is 1. The van der Waals surface area contributed by atoms with Crippen LogP contribution in [-0.2, 0) is 6.42 Å². The molecule has 1 atom stereocenters. The lowest BCUT2D eigenvalue weighted by Crippen LogP contribution is -2.44. The maximum Gasteiger partial charge on any atom is 0.254 e. The Hall–Kier alpha value is -1.00. The Kier molecular flexibility index (Phi) is 4.66. The standard InChI is InChI=1S/C14H20N2OS/c1-11-10-18-9-8-16(11)14(17)13-5-3-2-4-12(13)6-7-15/h2-5,11H,6-10,15H2,1H3. The van der Waals surface area contributed by atoms with E-state index < -0.39 is 0 Å². The normalized spacial score (nSPS) is 19.9. The van der Waals surface area contributed by atoms with Gasteiger partial charge in [-0.15, -0.1) is 0 Å². The quantitative estimate of drug-likeness (QED) is 0.905. The van der Waals surface area contributed by atoms with E-state index in [0.29, 0.717) is 12.6 Å². The first-order valence-corrected chi connectivity index (χ1v) is 7.56. The van der Waals surface area contributed by atoms with E-state index in [-0.39, 0.29) is 5.91 Å². The van der Waals surface area contributed by atoms with Gasteiger partial charge in [0.1, 0.15) is 0 Å². The predicted molar refractivity (Wildman–Crippen MR) is 77.0 cm³/mol. The fourth-order valence-electron chi connectivity index (χ4n) is 2.29. The number of carbonyl (C=O) groups is 1. The summed E-state index contributed by atoms with van der Waals surface area (Å²) in [7, 11) is 0. The average Bonchev–Trinajstić information content (AvgIpc) is 2.40. The number of thioether (sulfide) groups is 1. The van der Waals surface area contributed by atoms with Crippen molar-refractivity contribution >= 4 is 17.7 Å². The van der Waals surface area contributed by atoms with Crippen molar-refractivity contribution in [3.05, 3.63) is 35.4 Å². The molecule has 1 unspecified atom stereocenters. The molecule has 0 bridgehead atoms. The Morgan fingerprint density at radius 3 is 3.00 bits per heavy atom. The summed E-state index contributed by atoms with van der Waals surface area (Å²) in [6.07, 6.45) is 0.763. The van der Waals surface area contributed by atoms with E-state index in [2.05, 4.69) is 6.92 Å². The molecule has 98 valence electrons. The van der Waals surface area contributed by atoms with Crippen LogP contribution in [0.4, 0.5) is 0 Å². The van der Waals surface area contributed by atoms with Crippen molar-refractivity contribution in [1.82, 2.24) is 4.90 Å². The fourth-order valence-corrected chi connectivity index (χ4v) is 3.30. The number of benzene rings is 1. The lowest BCUT2D eigenvalue weighted by Gasteiger charge is -2.33. The minimum Gasteiger partial charge on any atom is -0.334 e. The minimum atomic E-state index is 0.159. The average molecular weight is 264 g/mol. The van der Waals surface area contributed by atoms with Crippen LogP contribution in [0.5, 0.6) is 0 Å². The van der Waals surface area contributed by atoms with Crippen LogP contribution < -0.4 is 5.73 Å². The van der Waals surface area contributed by atoms with Gasteiger partial charge in [0.05, 0.1) is 0 Å². The molecule has 0 radical (unpaired) electrons. The summed E-state index contributed by atoms with van der Waals surface area (Å²) in [5.41, 5.74) is 7.49. The molecule has 4 heteroatoms. The van der Waals surface area contributed by atoms with E-state index >= 15 is 0 Å². The molecule has 1 aromatic rings. The number of hydrogen-bond acceptors (Lipinski definition) is 3. The van der Waals surface area contributed by atoms with Crippen LogP contribution in [-0.4, -0.2) is 41.4 Å². The van der Waals surface area contributed by atoms with Gasteiger partial charge in [-0.05, 0) is 31.5 Å². The summed E-state index contributed by atoms with van der Waals surface area (Å²) in [5, 5.41) is 0. The summed E-state index contributed by atoms with van der Waals surface area (Å²) in [5.74, 6) is 2.23. The van der Waals surface area contributed by atoms with E-state index in [0.717, 1.165) is 35.6 Å². The van der Waals surface area contributed by atoms with Crippen molar-refractivity contribution < 1.29 is 4.79 Å². The maximum absolute atomic E-state index is 12.6. The second-order valence-electron chi connectivity index (χ2n) is 4.62. The SMILES string of the molecule is CC1CSCCN1C(=O)c1ccccc1CCN. The van der Waals surface area contributed by atoms with E-state index in [1.165, 1.54) is 0 Å². The zero-order valence-electron chi connectivity index (χ0n) is 10.8. The van der Waals surface area contributed by atoms with Crippen molar-refractivity contribution in [3.8, 4) is 0 Å². The molecular formula is C14H20N2OS. The fraction of sp³-hybridized carbons (Fsp3) is 0.500. The summed E-state index contributed by atoms with van der Waals surface area (Å²) >= 11 is 1.92. The van der Waals surface area contributed by atoms with Crippen LogP contribution >= 0.6 is 11.8 Å². The first kappa shape index (κ1) is 13.4. The molecular weight excluding hydrogens is 244 g/mol. The lowest BCUT2D eigenvalue weighted by atomic mass is 10.0. The van der Waals surface area contributed by atoms with Gasteiger partial charge in [0, 0.05) is 29.7 Å². The first-order chi connectivity index (χ1) is 8.74. The van der Waals surface area contributed by atoms with Gasteiger partial charge in [0.2, 0.25) is 0 Å². The third kappa shape index (κ3) is 2.87. The highest BCUT2D eigenvalue weighted by Crippen LogP contribution is 2.20. The molecule has 18 heavy (non-hydrogen) atoms. The predicted octanol–water partition coefficient (Wildman–Crippen LogP) is 1.77. The van der Waals surface area contributed by atoms with Gasteiger partial charge in [0.15, 0.2) is 0 Å². The molecule has 0 aliphatic carbocycles. The van der Waals surface area contributed by atoms with Gasteiger partial charge in [-0.3, -0.25) is 4.79 Å². The largest absolute Gasteiger partial charge is 0.334 e. The van der Waals surface area contributed by atoms with E-state index in [9.17, 15) is 4.79 Å². The molecule has 1 aromatic carbocycles. The van der Waals surface area contributed by atoms with E-state index in [4.69, 9.17) is 5.73 Å². The monoisotopic (exact) mass is 264 g/mol. The molecule has 1 amide bonds. The maximum atomic E-state index is 12.6. The summed E-state index contributed by atoms with van der Waals surface area (Å²) in [6, 6.07) is 8.14. The number of amides is 1. The number of rotatable bonds is 3. The van der Waals surface area contributed by atoms with Crippen LogP contribution in [0.25, 0.3) is 0 Å². The van der Waals surface area contributed by atoms with Gasteiger partial charge in [-0.25, -0.2) is 0 Å². The molecule has 0 spiro atoms.